The summed E-state index contributed by atoms with van der Waals surface area (Å²) in [5, 5.41) is 8.87. The molecule has 0 aromatic carbocycles. The van der Waals surface area contributed by atoms with Gasteiger partial charge in [-0.2, -0.15) is 5.26 Å². The van der Waals surface area contributed by atoms with Gasteiger partial charge in [0.15, 0.2) is 0 Å². The van der Waals surface area contributed by atoms with Gasteiger partial charge in [0.05, 0.1) is 37.5 Å². The van der Waals surface area contributed by atoms with Gasteiger partial charge in [0.25, 0.3) is 0 Å². The van der Waals surface area contributed by atoms with Gasteiger partial charge in [-0.15, -0.1) is 0 Å². The molecule has 2 atom stereocenters. The van der Waals surface area contributed by atoms with Gasteiger partial charge in [-0.25, -0.2) is 0 Å². The van der Waals surface area contributed by atoms with Crippen LogP contribution in [0.25, 0.3) is 0 Å². The number of rotatable bonds is 6. The summed E-state index contributed by atoms with van der Waals surface area (Å²) >= 11 is 0. The number of esters is 2. The zero-order valence-electron chi connectivity index (χ0n) is 9.86. The average Bonchev–Trinajstić information content (AvgIpc) is 2.25. The molecule has 0 N–H and O–H groups in total. The summed E-state index contributed by atoms with van der Waals surface area (Å²) in [5.74, 6) is -2.24. The van der Waals surface area contributed by atoms with Crippen LogP contribution in [-0.2, 0) is 19.1 Å². The van der Waals surface area contributed by atoms with Crippen LogP contribution in [0, 0.1) is 23.2 Å². The highest BCUT2D eigenvalue weighted by molar-refractivity contribution is 5.75. The van der Waals surface area contributed by atoms with E-state index in [9.17, 15) is 9.59 Å². The summed E-state index contributed by atoms with van der Waals surface area (Å²) in [4.78, 5) is 22.5. The predicted molar refractivity (Wildman–Crippen MR) is 56.2 cm³/mol. The number of nitrogens with zero attached hydrogens (tertiary/aromatic N) is 1. The second kappa shape index (κ2) is 7.69. The molecule has 0 heterocycles. The third-order valence-corrected chi connectivity index (χ3v) is 2.12. The lowest BCUT2D eigenvalue weighted by Gasteiger charge is -2.15. The van der Waals surface area contributed by atoms with E-state index < -0.39 is 23.8 Å². The third-order valence-electron chi connectivity index (χ3n) is 2.12. The van der Waals surface area contributed by atoms with Crippen LogP contribution in [0.4, 0.5) is 0 Å². The molecule has 0 rings (SSSR count). The summed E-state index contributed by atoms with van der Waals surface area (Å²) in [7, 11) is 0. The van der Waals surface area contributed by atoms with Crippen LogP contribution in [0.3, 0.4) is 0 Å². The highest BCUT2D eigenvalue weighted by Gasteiger charge is 2.27. The minimum atomic E-state index is -0.696. The summed E-state index contributed by atoms with van der Waals surface area (Å²) in [5.41, 5.74) is 0. The van der Waals surface area contributed by atoms with Gasteiger partial charge in [0.2, 0.25) is 0 Å². The zero-order valence-corrected chi connectivity index (χ0v) is 9.86. The number of ether oxygens (including phenoxy) is 2. The maximum Gasteiger partial charge on any atom is 0.309 e. The van der Waals surface area contributed by atoms with Gasteiger partial charge in [0, 0.05) is 0 Å². The first-order valence-corrected chi connectivity index (χ1v) is 5.28. The summed E-state index contributed by atoms with van der Waals surface area (Å²) in [6, 6.07) is 1.93. The lowest BCUT2D eigenvalue weighted by molar-refractivity contribution is -0.150. The molecular formula is C11H17NO4. The van der Waals surface area contributed by atoms with Crippen LogP contribution in [0.1, 0.15) is 27.2 Å². The highest BCUT2D eigenvalue weighted by Crippen LogP contribution is 2.17. The zero-order chi connectivity index (χ0) is 12.6. The van der Waals surface area contributed by atoms with Crippen molar-refractivity contribution in [1.29, 1.82) is 5.26 Å². The van der Waals surface area contributed by atoms with Gasteiger partial charge < -0.3 is 9.47 Å². The molecule has 5 nitrogen and oxygen atoms in total. The summed E-state index contributed by atoms with van der Waals surface area (Å²) in [6.45, 7) is 5.49. The van der Waals surface area contributed by atoms with Gasteiger partial charge in [-0.3, -0.25) is 9.59 Å². The molecule has 0 amide bonds. The fraction of sp³-hybridized carbons (Fsp3) is 0.727. The molecule has 5 heteroatoms. The molecular weight excluding hydrogens is 210 g/mol. The minimum absolute atomic E-state index is 0.0790. The normalized spacial score (nSPS) is 13.4. The Balaban J connectivity index is 4.33. The van der Waals surface area contributed by atoms with E-state index in [-0.39, 0.29) is 19.6 Å². The van der Waals surface area contributed by atoms with E-state index in [1.165, 1.54) is 0 Å². The Morgan fingerprint density at radius 1 is 1.25 bits per heavy atom. The van der Waals surface area contributed by atoms with Crippen molar-refractivity contribution in [3.63, 3.8) is 0 Å². The van der Waals surface area contributed by atoms with E-state index in [1.54, 1.807) is 20.8 Å². The molecule has 0 spiro atoms. The number of hydrogen-bond acceptors (Lipinski definition) is 5. The third kappa shape index (κ3) is 4.78. The SMILES string of the molecule is CCOC(=O)CC(C#N)C(C)C(=O)OCC. The van der Waals surface area contributed by atoms with Crippen LogP contribution in [0.5, 0.6) is 0 Å². The second-order valence-corrected chi connectivity index (χ2v) is 3.29. The first-order chi connectivity index (χ1) is 7.56. The smallest absolute Gasteiger partial charge is 0.309 e. The van der Waals surface area contributed by atoms with E-state index >= 15 is 0 Å². The lowest BCUT2D eigenvalue weighted by atomic mass is 9.92. The fourth-order valence-electron chi connectivity index (χ4n) is 1.17. The quantitative estimate of drug-likeness (QED) is 0.639. The molecule has 0 aromatic heterocycles. The van der Waals surface area contributed by atoms with Crippen molar-refractivity contribution in [2.75, 3.05) is 13.2 Å². The van der Waals surface area contributed by atoms with E-state index in [4.69, 9.17) is 14.7 Å². The number of nitriles is 1. The molecule has 0 fully saturated rings. The minimum Gasteiger partial charge on any atom is -0.466 e. The van der Waals surface area contributed by atoms with Crippen molar-refractivity contribution < 1.29 is 19.1 Å². The van der Waals surface area contributed by atoms with E-state index in [1.807, 2.05) is 6.07 Å². The monoisotopic (exact) mass is 227 g/mol. The van der Waals surface area contributed by atoms with Crippen molar-refractivity contribution in [2.45, 2.75) is 27.2 Å². The van der Waals surface area contributed by atoms with Crippen molar-refractivity contribution in [1.82, 2.24) is 0 Å². The number of hydrogen-bond donors (Lipinski definition) is 0. The van der Waals surface area contributed by atoms with Crippen molar-refractivity contribution in [3.8, 4) is 6.07 Å². The average molecular weight is 227 g/mol. The summed E-state index contributed by atoms with van der Waals surface area (Å²) in [6.07, 6.45) is -0.0790. The van der Waals surface area contributed by atoms with Gasteiger partial charge in [-0.05, 0) is 13.8 Å². The molecule has 16 heavy (non-hydrogen) atoms. The van der Waals surface area contributed by atoms with Gasteiger partial charge >= 0.3 is 11.9 Å². The second-order valence-electron chi connectivity index (χ2n) is 3.29. The maximum absolute atomic E-state index is 11.4. The van der Waals surface area contributed by atoms with Crippen LogP contribution < -0.4 is 0 Å². The molecule has 0 saturated heterocycles. The van der Waals surface area contributed by atoms with Crippen molar-refractivity contribution in [2.24, 2.45) is 11.8 Å². The Kier molecular flexibility index (Phi) is 6.93. The first kappa shape index (κ1) is 14.4. The molecule has 0 aliphatic carbocycles. The Labute approximate surface area is 95.3 Å². The number of carbonyl (C=O) groups excluding carboxylic acids is 2. The van der Waals surface area contributed by atoms with E-state index in [2.05, 4.69) is 0 Å². The van der Waals surface area contributed by atoms with Crippen LogP contribution in [0.15, 0.2) is 0 Å². The van der Waals surface area contributed by atoms with Crippen LogP contribution >= 0.6 is 0 Å². The molecule has 0 saturated carbocycles. The van der Waals surface area contributed by atoms with Crippen LogP contribution in [-0.4, -0.2) is 25.2 Å². The maximum atomic E-state index is 11.4. The Hall–Kier alpha value is -1.57. The molecule has 2 unspecified atom stereocenters. The predicted octanol–water partition coefficient (Wildman–Crippen LogP) is 1.28. The van der Waals surface area contributed by atoms with Crippen molar-refractivity contribution >= 4 is 11.9 Å². The van der Waals surface area contributed by atoms with E-state index in [0.29, 0.717) is 0 Å². The van der Waals surface area contributed by atoms with E-state index in [0.717, 1.165) is 0 Å². The molecule has 90 valence electrons. The Morgan fingerprint density at radius 2 is 1.81 bits per heavy atom. The summed E-state index contributed by atoms with van der Waals surface area (Å²) < 4.78 is 9.51. The Morgan fingerprint density at radius 3 is 2.25 bits per heavy atom. The van der Waals surface area contributed by atoms with Crippen molar-refractivity contribution in [3.05, 3.63) is 0 Å². The van der Waals surface area contributed by atoms with Gasteiger partial charge in [0.1, 0.15) is 0 Å². The van der Waals surface area contributed by atoms with Gasteiger partial charge in [-0.1, -0.05) is 6.92 Å². The molecule has 0 bridgehead atoms. The lowest BCUT2D eigenvalue weighted by Crippen LogP contribution is -2.25. The first-order valence-electron chi connectivity index (χ1n) is 5.28. The topological polar surface area (TPSA) is 76.4 Å². The standard InChI is InChI=1S/C11H17NO4/c1-4-15-10(13)6-9(7-12)8(3)11(14)16-5-2/h8-9H,4-6H2,1-3H3. The molecule has 0 aromatic rings. The molecule has 0 radical (unpaired) electrons. The highest BCUT2D eigenvalue weighted by atomic mass is 16.5. The Bertz CT molecular complexity index is 282. The largest absolute Gasteiger partial charge is 0.466 e. The van der Waals surface area contributed by atoms with Crippen LogP contribution in [0.2, 0.25) is 0 Å². The number of carbonyl (C=O) groups is 2. The fourth-order valence-corrected chi connectivity index (χ4v) is 1.17. The molecule has 0 aliphatic heterocycles. The molecule has 0 aliphatic rings.